The average Bonchev–Trinajstić information content (AvgIpc) is 3.15. The van der Waals surface area contributed by atoms with E-state index < -0.39 is 0 Å². The van der Waals surface area contributed by atoms with Gasteiger partial charge in [-0.1, -0.05) is 111 Å². The molecule has 1 aromatic rings. The standard InChI is InChI=1S/C29H56N2/c1-6-8-10-12-13-14-15-20-24-29-30-25-28(23-19-16-17-21-26(3)4)31(29)27(5)22-18-11-9-7-2/h25-27H,6-24H2,1-5H3/p+1. The van der Waals surface area contributed by atoms with Crippen molar-refractivity contribution in [2.45, 2.75) is 163 Å². The summed E-state index contributed by atoms with van der Waals surface area (Å²) in [5.41, 5.74) is 1.56. The number of rotatable bonds is 21. The van der Waals surface area contributed by atoms with Crippen molar-refractivity contribution < 1.29 is 4.57 Å². The minimum Gasteiger partial charge on any atom is -0.247 e. The van der Waals surface area contributed by atoms with E-state index in [9.17, 15) is 0 Å². The molecular formula is C29H57N2+. The molecule has 1 atom stereocenters. The van der Waals surface area contributed by atoms with Crippen molar-refractivity contribution in [2.75, 3.05) is 0 Å². The Morgan fingerprint density at radius 1 is 0.645 bits per heavy atom. The number of nitrogens with one attached hydrogen (secondary N) is 1. The van der Waals surface area contributed by atoms with Gasteiger partial charge in [-0.05, 0) is 38.5 Å². The van der Waals surface area contributed by atoms with Crippen LogP contribution in [0.3, 0.4) is 0 Å². The van der Waals surface area contributed by atoms with E-state index in [0.29, 0.717) is 6.04 Å². The Morgan fingerprint density at radius 3 is 1.81 bits per heavy atom. The van der Waals surface area contributed by atoms with Gasteiger partial charge in [0.05, 0.1) is 6.04 Å². The summed E-state index contributed by atoms with van der Waals surface area (Å²) in [7, 11) is 0. The second-order valence-corrected chi connectivity index (χ2v) is 10.5. The number of aryl methyl sites for hydroxylation is 2. The molecule has 0 amide bonds. The smallest absolute Gasteiger partial charge is 0.247 e. The van der Waals surface area contributed by atoms with Gasteiger partial charge in [-0.2, -0.15) is 0 Å². The summed E-state index contributed by atoms with van der Waals surface area (Å²) in [6.07, 6.45) is 28.3. The van der Waals surface area contributed by atoms with E-state index in [0.717, 1.165) is 5.92 Å². The first-order valence-electron chi connectivity index (χ1n) is 14.2. The maximum absolute atomic E-state index is 3.70. The van der Waals surface area contributed by atoms with E-state index in [4.69, 9.17) is 0 Å². The summed E-state index contributed by atoms with van der Waals surface area (Å²) in [5.74, 6) is 2.34. The number of H-pyrrole nitrogens is 1. The molecule has 0 radical (unpaired) electrons. The molecule has 0 aliphatic heterocycles. The number of unbranched alkanes of at least 4 members (excludes halogenated alkanes) is 12. The maximum Gasteiger partial charge on any atom is 0.254 e. The lowest BCUT2D eigenvalue weighted by molar-refractivity contribution is -0.732. The van der Waals surface area contributed by atoms with Crippen LogP contribution in [0.15, 0.2) is 6.20 Å². The zero-order valence-electron chi connectivity index (χ0n) is 22.1. The van der Waals surface area contributed by atoms with E-state index >= 15 is 0 Å². The SMILES string of the molecule is CCCCCCCCCCc1[nH]cc(CCCCCC(C)C)[n+]1C(C)CCCCCC. The van der Waals surface area contributed by atoms with Gasteiger partial charge in [-0.3, -0.25) is 0 Å². The first kappa shape index (κ1) is 28.2. The Kier molecular flexibility index (Phi) is 17.1. The maximum atomic E-state index is 3.70. The Hall–Kier alpha value is -0.790. The van der Waals surface area contributed by atoms with Gasteiger partial charge in [0.1, 0.15) is 11.9 Å². The predicted molar refractivity (Wildman–Crippen MR) is 138 cm³/mol. The highest BCUT2D eigenvalue weighted by atomic mass is 15.1. The van der Waals surface area contributed by atoms with Crippen LogP contribution >= 0.6 is 0 Å². The Balaban J connectivity index is 2.53. The highest BCUT2D eigenvalue weighted by Crippen LogP contribution is 2.17. The molecule has 1 aromatic heterocycles. The summed E-state index contributed by atoms with van der Waals surface area (Å²) in [6.45, 7) is 11.8. The van der Waals surface area contributed by atoms with E-state index in [1.807, 2.05) is 0 Å². The van der Waals surface area contributed by atoms with Gasteiger partial charge in [-0.25, -0.2) is 9.55 Å². The van der Waals surface area contributed by atoms with Crippen LogP contribution in [0.4, 0.5) is 0 Å². The highest BCUT2D eigenvalue weighted by Gasteiger charge is 2.22. The Bertz CT molecular complexity index is 517. The minimum atomic E-state index is 0.637. The molecule has 0 fully saturated rings. The van der Waals surface area contributed by atoms with E-state index in [1.165, 1.54) is 128 Å². The molecule has 0 aliphatic carbocycles. The van der Waals surface area contributed by atoms with Gasteiger partial charge in [0.15, 0.2) is 0 Å². The summed E-state index contributed by atoms with van der Waals surface area (Å²) >= 11 is 0. The van der Waals surface area contributed by atoms with Crippen LogP contribution in [-0.4, -0.2) is 4.98 Å². The summed E-state index contributed by atoms with van der Waals surface area (Å²) in [5, 5.41) is 0. The number of aromatic amines is 1. The minimum absolute atomic E-state index is 0.637. The zero-order chi connectivity index (χ0) is 22.7. The van der Waals surface area contributed by atoms with Gasteiger partial charge in [0, 0.05) is 12.8 Å². The van der Waals surface area contributed by atoms with Crippen molar-refractivity contribution in [1.82, 2.24) is 4.98 Å². The van der Waals surface area contributed by atoms with Crippen LogP contribution in [0.1, 0.15) is 161 Å². The van der Waals surface area contributed by atoms with Gasteiger partial charge in [0.25, 0.3) is 5.82 Å². The largest absolute Gasteiger partial charge is 0.254 e. The molecule has 1 heterocycles. The quantitative estimate of drug-likeness (QED) is 0.147. The number of hydrogen-bond donors (Lipinski definition) is 1. The first-order chi connectivity index (χ1) is 15.1. The first-order valence-corrected chi connectivity index (χ1v) is 14.2. The molecule has 0 saturated heterocycles. The molecule has 1 rings (SSSR count). The van der Waals surface area contributed by atoms with Crippen LogP contribution in [0.2, 0.25) is 0 Å². The van der Waals surface area contributed by atoms with Crippen molar-refractivity contribution in [3.8, 4) is 0 Å². The molecule has 0 aliphatic rings. The molecule has 0 spiro atoms. The number of aromatic nitrogens is 2. The average molecular weight is 434 g/mol. The third kappa shape index (κ3) is 13.4. The Labute approximate surface area is 196 Å². The number of hydrogen-bond acceptors (Lipinski definition) is 0. The second-order valence-electron chi connectivity index (χ2n) is 10.5. The van der Waals surface area contributed by atoms with Crippen molar-refractivity contribution in [1.29, 1.82) is 0 Å². The fourth-order valence-electron chi connectivity index (χ4n) is 4.87. The molecule has 31 heavy (non-hydrogen) atoms. The van der Waals surface area contributed by atoms with Crippen molar-refractivity contribution >= 4 is 0 Å². The molecule has 2 nitrogen and oxygen atoms in total. The van der Waals surface area contributed by atoms with E-state index in [1.54, 1.807) is 5.69 Å². The monoisotopic (exact) mass is 433 g/mol. The van der Waals surface area contributed by atoms with Crippen molar-refractivity contribution in [3.05, 3.63) is 17.7 Å². The topological polar surface area (TPSA) is 19.7 Å². The highest BCUT2D eigenvalue weighted by molar-refractivity contribution is 4.93. The fraction of sp³-hybridized carbons (Fsp3) is 0.897. The van der Waals surface area contributed by atoms with E-state index in [-0.39, 0.29) is 0 Å². The van der Waals surface area contributed by atoms with Gasteiger partial charge in [-0.15, -0.1) is 0 Å². The molecule has 0 saturated carbocycles. The van der Waals surface area contributed by atoms with Crippen LogP contribution in [0.5, 0.6) is 0 Å². The predicted octanol–water partition coefficient (Wildman–Crippen LogP) is 9.28. The molecule has 1 unspecified atom stereocenters. The van der Waals surface area contributed by atoms with Crippen LogP contribution < -0.4 is 4.57 Å². The van der Waals surface area contributed by atoms with Crippen molar-refractivity contribution in [3.63, 3.8) is 0 Å². The molecule has 1 N–H and O–H groups in total. The molecule has 0 bridgehead atoms. The Morgan fingerprint density at radius 2 is 1.16 bits per heavy atom. The van der Waals surface area contributed by atoms with E-state index in [2.05, 4.69) is 50.4 Å². The normalized spacial score (nSPS) is 12.7. The number of imidazole rings is 1. The van der Waals surface area contributed by atoms with Gasteiger partial charge >= 0.3 is 0 Å². The molecule has 2 heteroatoms. The van der Waals surface area contributed by atoms with Crippen LogP contribution in [-0.2, 0) is 12.8 Å². The zero-order valence-corrected chi connectivity index (χ0v) is 22.1. The van der Waals surface area contributed by atoms with Crippen molar-refractivity contribution in [2.24, 2.45) is 5.92 Å². The summed E-state index contributed by atoms with van der Waals surface area (Å²) < 4.78 is 2.70. The molecule has 0 aromatic carbocycles. The third-order valence-corrected chi connectivity index (χ3v) is 6.90. The molecular weight excluding hydrogens is 376 g/mol. The lowest BCUT2D eigenvalue weighted by Crippen LogP contribution is -2.44. The fourth-order valence-corrected chi connectivity index (χ4v) is 4.87. The lowest BCUT2D eigenvalue weighted by atomic mass is 10.0. The van der Waals surface area contributed by atoms with Gasteiger partial charge < -0.3 is 0 Å². The van der Waals surface area contributed by atoms with Crippen LogP contribution in [0, 0.1) is 5.92 Å². The summed E-state index contributed by atoms with van der Waals surface area (Å²) in [6, 6.07) is 0.637. The second kappa shape index (κ2) is 18.8. The third-order valence-electron chi connectivity index (χ3n) is 6.90. The number of nitrogens with zero attached hydrogens (tertiary/aromatic N) is 1. The summed E-state index contributed by atoms with van der Waals surface area (Å²) in [4.78, 5) is 3.70. The molecule has 182 valence electrons. The lowest BCUT2D eigenvalue weighted by Gasteiger charge is -2.14. The van der Waals surface area contributed by atoms with Gasteiger partial charge in [0.2, 0.25) is 0 Å². The van der Waals surface area contributed by atoms with Crippen LogP contribution in [0.25, 0.3) is 0 Å².